The number of rotatable bonds is 4. The van der Waals surface area contributed by atoms with Crippen molar-refractivity contribution < 1.29 is 4.74 Å². The van der Waals surface area contributed by atoms with Crippen molar-refractivity contribution in [3.8, 4) is 16.3 Å². The Balaban J connectivity index is 1.53. The highest BCUT2D eigenvalue weighted by atomic mass is 32.1. The van der Waals surface area contributed by atoms with Crippen LogP contribution in [0.25, 0.3) is 20.8 Å². The molecule has 0 bridgehead atoms. The standard InChI is InChI=1S/C22H26N2OS/c1-15-4-3-5-18(11-6-15)25-19-12-13-20-21(14-19)26-22(24-20)16-7-9-17(23-2)10-8-16/h7-10,12-15,18,23H,3-6,11H2,1-2H3. The summed E-state index contributed by atoms with van der Waals surface area (Å²) in [6.07, 6.45) is 6.60. The zero-order chi connectivity index (χ0) is 17.9. The van der Waals surface area contributed by atoms with Crippen LogP contribution in [0.4, 0.5) is 5.69 Å². The fourth-order valence-electron chi connectivity index (χ4n) is 3.64. The molecule has 4 heteroatoms. The van der Waals surface area contributed by atoms with Crippen molar-refractivity contribution in [3.05, 3.63) is 42.5 Å². The molecule has 0 spiro atoms. The molecule has 1 aliphatic carbocycles. The second kappa shape index (κ2) is 7.67. The van der Waals surface area contributed by atoms with E-state index in [1.165, 1.54) is 36.8 Å². The van der Waals surface area contributed by atoms with Crippen LogP contribution in [0.1, 0.15) is 39.0 Å². The molecule has 4 rings (SSSR count). The molecule has 0 radical (unpaired) electrons. The van der Waals surface area contributed by atoms with Gasteiger partial charge in [-0.15, -0.1) is 11.3 Å². The maximum atomic E-state index is 6.31. The molecule has 0 aliphatic heterocycles. The third kappa shape index (κ3) is 3.85. The van der Waals surface area contributed by atoms with Gasteiger partial charge in [-0.05, 0) is 74.1 Å². The lowest BCUT2D eigenvalue weighted by atomic mass is 10.0. The molecule has 1 aromatic heterocycles. The van der Waals surface area contributed by atoms with Gasteiger partial charge in [0, 0.05) is 18.3 Å². The van der Waals surface area contributed by atoms with Gasteiger partial charge in [0.15, 0.2) is 0 Å². The number of ether oxygens (including phenoxy) is 1. The Hall–Kier alpha value is -2.07. The van der Waals surface area contributed by atoms with E-state index in [0.717, 1.165) is 33.4 Å². The minimum atomic E-state index is 0.360. The molecule has 2 unspecified atom stereocenters. The summed E-state index contributed by atoms with van der Waals surface area (Å²) in [6, 6.07) is 14.7. The third-order valence-electron chi connectivity index (χ3n) is 5.29. The van der Waals surface area contributed by atoms with Gasteiger partial charge in [0.05, 0.1) is 16.3 Å². The number of anilines is 1. The Morgan fingerprint density at radius 1 is 1.04 bits per heavy atom. The lowest BCUT2D eigenvalue weighted by Crippen LogP contribution is -2.15. The molecule has 1 N–H and O–H groups in total. The van der Waals surface area contributed by atoms with Gasteiger partial charge in [-0.3, -0.25) is 0 Å². The van der Waals surface area contributed by atoms with Crippen LogP contribution in [0.15, 0.2) is 42.5 Å². The lowest BCUT2D eigenvalue weighted by molar-refractivity contribution is 0.182. The molecule has 3 nitrogen and oxygen atoms in total. The van der Waals surface area contributed by atoms with E-state index in [9.17, 15) is 0 Å². The van der Waals surface area contributed by atoms with E-state index in [1.807, 2.05) is 7.05 Å². The van der Waals surface area contributed by atoms with Crippen molar-refractivity contribution in [1.29, 1.82) is 0 Å². The van der Waals surface area contributed by atoms with E-state index in [2.05, 4.69) is 54.7 Å². The monoisotopic (exact) mass is 366 g/mol. The highest BCUT2D eigenvalue weighted by Gasteiger charge is 2.18. The summed E-state index contributed by atoms with van der Waals surface area (Å²) in [5.74, 6) is 1.82. The minimum Gasteiger partial charge on any atom is -0.490 e. The number of aromatic nitrogens is 1. The van der Waals surface area contributed by atoms with Crippen molar-refractivity contribution in [1.82, 2.24) is 4.98 Å². The van der Waals surface area contributed by atoms with E-state index in [4.69, 9.17) is 9.72 Å². The van der Waals surface area contributed by atoms with Gasteiger partial charge in [-0.1, -0.05) is 13.3 Å². The molecule has 1 fully saturated rings. The van der Waals surface area contributed by atoms with Gasteiger partial charge < -0.3 is 10.1 Å². The van der Waals surface area contributed by atoms with Crippen molar-refractivity contribution in [2.75, 3.05) is 12.4 Å². The van der Waals surface area contributed by atoms with Gasteiger partial charge in [-0.2, -0.15) is 0 Å². The zero-order valence-corrected chi connectivity index (χ0v) is 16.3. The van der Waals surface area contributed by atoms with Gasteiger partial charge in [0.25, 0.3) is 0 Å². The van der Waals surface area contributed by atoms with Crippen LogP contribution in [-0.2, 0) is 0 Å². The smallest absolute Gasteiger partial charge is 0.124 e. The molecule has 2 atom stereocenters. The quantitative estimate of drug-likeness (QED) is 0.546. The number of hydrogen-bond acceptors (Lipinski definition) is 4. The van der Waals surface area contributed by atoms with Crippen LogP contribution in [0.2, 0.25) is 0 Å². The van der Waals surface area contributed by atoms with Crippen LogP contribution in [0, 0.1) is 5.92 Å². The maximum Gasteiger partial charge on any atom is 0.124 e. The van der Waals surface area contributed by atoms with E-state index in [1.54, 1.807) is 11.3 Å². The SMILES string of the molecule is CNc1ccc(-c2nc3ccc(OC4CCCC(C)CC4)cc3s2)cc1. The molecule has 136 valence electrons. The van der Waals surface area contributed by atoms with Gasteiger partial charge >= 0.3 is 0 Å². The highest BCUT2D eigenvalue weighted by molar-refractivity contribution is 7.21. The summed E-state index contributed by atoms with van der Waals surface area (Å²) in [5, 5.41) is 4.21. The summed E-state index contributed by atoms with van der Waals surface area (Å²) in [5.41, 5.74) is 3.32. The van der Waals surface area contributed by atoms with Gasteiger partial charge in [0.2, 0.25) is 0 Å². The Morgan fingerprint density at radius 3 is 2.69 bits per heavy atom. The van der Waals surface area contributed by atoms with Crippen LogP contribution < -0.4 is 10.1 Å². The largest absolute Gasteiger partial charge is 0.490 e. The molecule has 0 saturated heterocycles. The number of benzene rings is 2. The fraction of sp³-hybridized carbons (Fsp3) is 0.409. The zero-order valence-electron chi connectivity index (χ0n) is 15.5. The molecule has 26 heavy (non-hydrogen) atoms. The predicted octanol–water partition coefficient (Wildman–Crippen LogP) is 6.35. The first kappa shape index (κ1) is 17.3. The number of nitrogens with one attached hydrogen (secondary N) is 1. The van der Waals surface area contributed by atoms with E-state index in [-0.39, 0.29) is 0 Å². The first-order valence-corrected chi connectivity index (χ1v) is 10.4. The van der Waals surface area contributed by atoms with Crippen molar-refractivity contribution in [2.24, 2.45) is 5.92 Å². The molecule has 3 aromatic rings. The molecular formula is C22H26N2OS. The number of thiazole rings is 1. The van der Waals surface area contributed by atoms with Crippen molar-refractivity contribution >= 4 is 27.2 Å². The average molecular weight is 367 g/mol. The molecule has 1 saturated carbocycles. The summed E-state index contributed by atoms with van der Waals surface area (Å²) in [4.78, 5) is 4.79. The van der Waals surface area contributed by atoms with Crippen LogP contribution in [0.5, 0.6) is 5.75 Å². The van der Waals surface area contributed by atoms with Crippen LogP contribution in [0.3, 0.4) is 0 Å². The van der Waals surface area contributed by atoms with Crippen molar-refractivity contribution in [2.45, 2.75) is 45.1 Å². The van der Waals surface area contributed by atoms with Gasteiger partial charge in [-0.25, -0.2) is 4.98 Å². The highest BCUT2D eigenvalue weighted by Crippen LogP contribution is 2.34. The first-order chi connectivity index (χ1) is 12.7. The van der Waals surface area contributed by atoms with Gasteiger partial charge in [0.1, 0.15) is 10.8 Å². The van der Waals surface area contributed by atoms with E-state index >= 15 is 0 Å². The molecule has 0 amide bonds. The second-order valence-corrected chi connectivity index (χ2v) is 8.36. The summed E-state index contributed by atoms with van der Waals surface area (Å²) < 4.78 is 7.50. The molecular weight excluding hydrogens is 340 g/mol. The first-order valence-electron chi connectivity index (χ1n) is 9.57. The van der Waals surface area contributed by atoms with Crippen LogP contribution >= 0.6 is 11.3 Å². The third-order valence-corrected chi connectivity index (χ3v) is 6.35. The maximum absolute atomic E-state index is 6.31. The number of fused-ring (bicyclic) bond motifs is 1. The van der Waals surface area contributed by atoms with Crippen molar-refractivity contribution in [3.63, 3.8) is 0 Å². The Bertz CT molecular complexity index is 871. The fourth-order valence-corrected chi connectivity index (χ4v) is 4.64. The van der Waals surface area contributed by atoms with E-state index < -0.39 is 0 Å². The number of hydrogen-bond donors (Lipinski definition) is 1. The normalized spacial score (nSPS) is 20.7. The van der Waals surface area contributed by atoms with E-state index in [0.29, 0.717) is 6.10 Å². The minimum absolute atomic E-state index is 0.360. The molecule has 1 aliphatic rings. The molecule has 2 aromatic carbocycles. The average Bonchev–Trinajstić information content (AvgIpc) is 2.98. The molecule has 1 heterocycles. The summed E-state index contributed by atoms with van der Waals surface area (Å²) in [6.45, 7) is 2.36. The predicted molar refractivity (Wildman–Crippen MR) is 111 cm³/mol. The Labute approximate surface area is 159 Å². The topological polar surface area (TPSA) is 34.2 Å². The Morgan fingerprint density at radius 2 is 1.88 bits per heavy atom. The second-order valence-electron chi connectivity index (χ2n) is 7.33. The summed E-state index contributed by atoms with van der Waals surface area (Å²) >= 11 is 1.73. The Kier molecular flexibility index (Phi) is 5.11. The van der Waals surface area contributed by atoms with Crippen LogP contribution in [-0.4, -0.2) is 18.1 Å². The summed E-state index contributed by atoms with van der Waals surface area (Å²) in [7, 11) is 1.93. The number of nitrogens with zero attached hydrogens (tertiary/aromatic N) is 1. The lowest BCUT2D eigenvalue weighted by Gasteiger charge is -2.17.